The molecule has 1 aromatic carbocycles. The molecular formula is C11H8BrFOS2. The number of rotatable bonds is 3. The average Bonchev–Trinajstić information content (AvgIpc) is 2.64. The van der Waals surface area contributed by atoms with Crippen molar-refractivity contribution in [1.82, 2.24) is 0 Å². The second-order valence-corrected chi connectivity index (χ2v) is 7.09. The Morgan fingerprint density at radius 2 is 2.00 bits per heavy atom. The summed E-state index contributed by atoms with van der Waals surface area (Å²) in [6.07, 6.45) is 0. The lowest BCUT2D eigenvalue weighted by Crippen LogP contribution is -1.97. The summed E-state index contributed by atoms with van der Waals surface area (Å²) in [5.74, 6) is -0.0477. The highest BCUT2D eigenvalue weighted by Gasteiger charge is 2.10. The zero-order valence-electron chi connectivity index (χ0n) is 8.15. The van der Waals surface area contributed by atoms with Crippen LogP contribution in [0.1, 0.15) is 4.88 Å². The van der Waals surface area contributed by atoms with Gasteiger partial charge in [0.15, 0.2) is 0 Å². The van der Waals surface area contributed by atoms with E-state index >= 15 is 0 Å². The van der Waals surface area contributed by atoms with Gasteiger partial charge in [-0.25, -0.2) is 4.39 Å². The number of hydrogen-bond acceptors (Lipinski definition) is 2. The first-order valence-electron chi connectivity index (χ1n) is 4.54. The smallest absolute Gasteiger partial charge is 0.139 e. The fraction of sp³-hybridized carbons (Fsp3) is 0.0909. The van der Waals surface area contributed by atoms with Crippen molar-refractivity contribution in [2.24, 2.45) is 0 Å². The quantitative estimate of drug-likeness (QED) is 0.837. The minimum absolute atomic E-state index is 0.270. The van der Waals surface area contributed by atoms with Gasteiger partial charge in [-0.05, 0) is 40.2 Å². The molecule has 0 spiro atoms. The minimum Gasteiger partial charge on any atom is -0.254 e. The molecular weight excluding hydrogens is 311 g/mol. The highest BCUT2D eigenvalue weighted by molar-refractivity contribution is 9.11. The van der Waals surface area contributed by atoms with Gasteiger partial charge in [0.05, 0.1) is 25.2 Å². The summed E-state index contributed by atoms with van der Waals surface area (Å²) in [5, 5.41) is 0. The molecule has 1 heterocycles. The van der Waals surface area contributed by atoms with Gasteiger partial charge in [0.25, 0.3) is 0 Å². The third kappa shape index (κ3) is 2.78. The van der Waals surface area contributed by atoms with E-state index in [0.717, 1.165) is 8.66 Å². The van der Waals surface area contributed by atoms with Crippen molar-refractivity contribution in [3.8, 4) is 0 Å². The van der Waals surface area contributed by atoms with Crippen molar-refractivity contribution in [2.75, 3.05) is 0 Å². The maximum absolute atomic E-state index is 13.3. The predicted octanol–water partition coefficient (Wildman–Crippen LogP) is 3.96. The lowest BCUT2D eigenvalue weighted by molar-refractivity contribution is 0.595. The summed E-state index contributed by atoms with van der Waals surface area (Å²) in [6.45, 7) is 0. The first kappa shape index (κ1) is 12.0. The Morgan fingerprint density at radius 3 is 2.62 bits per heavy atom. The number of thiophene rings is 1. The van der Waals surface area contributed by atoms with Gasteiger partial charge in [0.2, 0.25) is 0 Å². The van der Waals surface area contributed by atoms with Gasteiger partial charge >= 0.3 is 0 Å². The van der Waals surface area contributed by atoms with Crippen LogP contribution in [0.2, 0.25) is 0 Å². The van der Waals surface area contributed by atoms with Crippen LogP contribution in [0.5, 0.6) is 0 Å². The Bertz CT molecular complexity index is 524. The molecule has 0 N–H and O–H groups in total. The predicted molar refractivity (Wildman–Crippen MR) is 68.5 cm³/mol. The minimum atomic E-state index is -1.32. The van der Waals surface area contributed by atoms with Gasteiger partial charge in [-0.2, -0.15) is 0 Å². The molecule has 0 aliphatic rings. The summed E-state index contributed by atoms with van der Waals surface area (Å²) in [6, 6.07) is 9.98. The van der Waals surface area contributed by atoms with E-state index < -0.39 is 16.6 Å². The monoisotopic (exact) mass is 318 g/mol. The SMILES string of the molecule is O=S(Cc1ccc(Br)s1)c1ccccc1F. The van der Waals surface area contributed by atoms with Crippen molar-refractivity contribution >= 4 is 38.1 Å². The van der Waals surface area contributed by atoms with Crippen molar-refractivity contribution in [3.63, 3.8) is 0 Å². The van der Waals surface area contributed by atoms with Crippen LogP contribution in [0.25, 0.3) is 0 Å². The molecule has 0 aliphatic heterocycles. The molecule has 0 aliphatic carbocycles. The van der Waals surface area contributed by atoms with E-state index in [4.69, 9.17) is 0 Å². The largest absolute Gasteiger partial charge is 0.254 e. The summed E-state index contributed by atoms with van der Waals surface area (Å²) in [7, 11) is -1.32. The van der Waals surface area contributed by atoms with Crippen LogP contribution in [-0.4, -0.2) is 4.21 Å². The number of halogens is 2. The van der Waals surface area contributed by atoms with Gasteiger partial charge in [-0.1, -0.05) is 12.1 Å². The second-order valence-electron chi connectivity index (χ2n) is 3.13. The van der Waals surface area contributed by atoms with Crippen LogP contribution < -0.4 is 0 Å². The molecule has 0 saturated carbocycles. The van der Waals surface area contributed by atoms with Gasteiger partial charge in [-0.3, -0.25) is 4.21 Å². The molecule has 0 radical (unpaired) electrons. The highest BCUT2D eigenvalue weighted by Crippen LogP contribution is 2.25. The topological polar surface area (TPSA) is 17.1 Å². The molecule has 0 bridgehead atoms. The van der Waals surface area contributed by atoms with E-state index in [9.17, 15) is 8.60 Å². The van der Waals surface area contributed by atoms with Crippen molar-refractivity contribution in [3.05, 3.63) is 50.9 Å². The van der Waals surface area contributed by atoms with Gasteiger partial charge in [0, 0.05) is 4.88 Å². The number of hydrogen-bond donors (Lipinski definition) is 0. The Hall–Kier alpha value is -0.520. The molecule has 84 valence electrons. The molecule has 5 heteroatoms. The molecule has 1 aromatic heterocycles. The molecule has 0 fully saturated rings. The molecule has 1 unspecified atom stereocenters. The van der Waals surface area contributed by atoms with E-state index in [0.29, 0.717) is 5.75 Å². The Morgan fingerprint density at radius 1 is 1.25 bits per heavy atom. The van der Waals surface area contributed by atoms with E-state index in [1.807, 2.05) is 12.1 Å². The molecule has 2 aromatic rings. The molecule has 0 saturated heterocycles. The summed E-state index contributed by atoms with van der Waals surface area (Å²) in [4.78, 5) is 1.25. The van der Waals surface area contributed by atoms with Crippen molar-refractivity contribution in [1.29, 1.82) is 0 Å². The van der Waals surface area contributed by atoms with Crippen LogP contribution in [0.3, 0.4) is 0 Å². The second kappa shape index (κ2) is 5.21. The molecule has 1 atom stereocenters. The van der Waals surface area contributed by atoms with E-state index in [1.54, 1.807) is 18.2 Å². The molecule has 0 amide bonds. The van der Waals surface area contributed by atoms with E-state index in [1.165, 1.54) is 17.4 Å². The van der Waals surface area contributed by atoms with Crippen LogP contribution >= 0.6 is 27.3 Å². The fourth-order valence-corrected chi connectivity index (χ4v) is 4.13. The van der Waals surface area contributed by atoms with Gasteiger partial charge in [0.1, 0.15) is 5.82 Å². The van der Waals surface area contributed by atoms with Crippen LogP contribution in [-0.2, 0) is 16.6 Å². The van der Waals surface area contributed by atoms with Crippen molar-refractivity contribution in [2.45, 2.75) is 10.6 Å². The summed E-state index contributed by atoms with van der Waals surface area (Å²) in [5.41, 5.74) is 0. The van der Waals surface area contributed by atoms with Gasteiger partial charge in [-0.15, -0.1) is 11.3 Å². The Kier molecular flexibility index (Phi) is 3.89. The maximum atomic E-state index is 13.3. The number of benzene rings is 1. The maximum Gasteiger partial charge on any atom is 0.139 e. The summed E-state index contributed by atoms with van der Waals surface area (Å²) >= 11 is 4.86. The van der Waals surface area contributed by atoms with Crippen LogP contribution in [0.4, 0.5) is 4.39 Å². The first-order chi connectivity index (χ1) is 7.66. The van der Waals surface area contributed by atoms with Crippen LogP contribution in [0, 0.1) is 5.82 Å². The molecule has 2 rings (SSSR count). The lowest BCUT2D eigenvalue weighted by Gasteiger charge is -2.01. The zero-order valence-corrected chi connectivity index (χ0v) is 11.4. The lowest BCUT2D eigenvalue weighted by atomic mass is 10.3. The highest BCUT2D eigenvalue weighted by atomic mass is 79.9. The molecule has 1 nitrogen and oxygen atoms in total. The Labute approximate surface area is 108 Å². The van der Waals surface area contributed by atoms with E-state index in [2.05, 4.69) is 15.9 Å². The van der Waals surface area contributed by atoms with Crippen molar-refractivity contribution < 1.29 is 8.60 Å². The first-order valence-corrected chi connectivity index (χ1v) is 7.47. The van der Waals surface area contributed by atoms with E-state index in [-0.39, 0.29) is 4.90 Å². The Balaban J connectivity index is 2.18. The standard InChI is InChI=1S/C11H8BrFOS2/c12-11-6-5-8(15-11)7-16(14)10-4-2-1-3-9(10)13/h1-6H,7H2. The zero-order chi connectivity index (χ0) is 11.5. The normalized spacial score (nSPS) is 12.6. The third-order valence-corrected chi connectivity index (χ3v) is 5.19. The summed E-state index contributed by atoms with van der Waals surface area (Å²) < 4.78 is 26.2. The average molecular weight is 319 g/mol. The van der Waals surface area contributed by atoms with Crippen LogP contribution in [0.15, 0.2) is 45.1 Å². The third-order valence-electron chi connectivity index (χ3n) is 1.98. The molecule has 16 heavy (non-hydrogen) atoms. The fourth-order valence-electron chi connectivity index (χ4n) is 1.27. The van der Waals surface area contributed by atoms with Gasteiger partial charge < -0.3 is 0 Å².